The van der Waals surface area contributed by atoms with Crippen LogP contribution in [0, 0.1) is 0 Å². The molecule has 0 aliphatic carbocycles. The van der Waals surface area contributed by atoms with Crippen LogP contribution >= 0.6 is 11.3 Å². The van der Waals surface area contributed by atoms with Crippen molar-refractivity contribution in [3.8, 4) is 0 Å². The Morgan fingerprint density at radius 3 is 2.33 bits per heavy atom. The smallest absolute Gasteiger partial charge is 0.267 e. The second-order valence-corrected chi connectivity index (χ2v) is 6.62. The summed E-state index contributed by atoms with van der Waals surface area (Å²) in [6.07, 6.45) is 0.739. The van der Waals surface area contributed by atoms with Crippen LogP contribution in [0.15, 0.2) is 83.3 Å². The highest BCUT2D eigenvalue weighted by molar-refractivity contribution is 7.12. The molecule has 24 heavy (non-hydrogen) atoms. The second-order valence-electron chi connectivity index (χ2n) is 5.67. The second kappa shape index (κ2) is 6.42. The topological polar surface area (TPSA) is 32.7 Å². The molecule has 3 aromatic rings. The van der Waals surface area contributed by atoms with Crippen molar-refractivity contribution in [2.75, 3.05) is 0 Å². The van der Waals surface area contributed by atoms with Crippen molar-refractivity contribution in [2.24, 2.45) is 5.10 Å². The molecule has 2 aromatic carbocycles. The predicted octanol–water partition coefficient (Wildman–Crippen LogP) is 4.74. The van der Waals surface area contributed by atoms with Gasteiger partial charge >= 0.3 is 0 Å². The number of carbonyl (C=O) groups excluding carboxylic acids is 1. The minimum Gasteiger partial charge on any atom is -0.267 e. The average molecular weight is 332 g/mol. The molecule has 1 unspecified atom stereocenters. The van der Waals surface area contributed by atoms with E-state index in [1.807, 2.05) is 60.0 Å². The maximum atomic E-state index is 13.0. The fraction of sp³-hybridized carbons (Fsp3) is 0.100. The van der Waals surface area contributed by atoms with Crippen LogP contribution in [0.2, 0.25) is 0 Å². The third-order valence-electron chi connectivity index (χ3n) is 4.13. The van der Waals surface area contributed by atoms with E-state index in [4.69, 9.17) is 0 Å². The SMILES string of the molecule is O=C(c1ccccc1)N1N=C(c2cccs2)CC1c1ccccc1. The summed E-state index contributed by atoms with van der Waals surface area (Å²) in [4.78, 5) is 14.1. The van der Waals surface area contributed by atoms with Gasteiger partial charge in [-0.2, -0.15) is 5.10 Å². The summed E-state index contributed by atoms with van der Waals surface area (Å²) in [7, 11) is 0. The number of thiophene rings is 1. The van der Waals surface area contributed by atoms with E-state index in [9.17, 15) is 4.79 Å². The summed E-state index contributed by atoms with van der Waals surface area (Å²) >= 11 is 1.66. The quantitative estimate of drug-likeness (QED) is 0.682. The van der Waals surface area contributed by atoms with Crippen LogP contribution in [0.5, 0.6) is 0 Å². The van der Waals surface area contributed by atoms with Crippen molar-refractivity contribution in [2.45, 2.75) is 12.5 Å². The van der Waals surface area contributed by atoms with Gasteiger partial charge in [-0.1, -0.05) is 54.6 Å². The van der Waals surface area contributed by atoms with Gasteiger partial charge in [0.25, 0.3) is 5.91 Å². The zero-order chi connectivity index (χ0) is 16.4. The van der Waals surface area contributed by atoms with E-state index in [1.165, 1.54) is 0 Å². The lowest BCUT2D eigenvalue weighted by Gasteiger charge is -2.22. The van der Waals surface area contributed by atoms with Crippen LogP contribution in [0.4, 0.5) is 0 Å². The molecule has 1 aliphatic heterocycles. The Labute approximate surface area is 144 Å². The largest absolute Gasteiger partial charge is 0.274 e. The molecule has 0 N–H and O–H groups in total. The summed E-state index contributed by atoms with van der Waals surface area (Å²) in [5, 5.41) is 8.35. The molecule has 1 aromatic heterocycles. The summed E-state index contributed by atoms with van der Waals surface area (Å²) in [5.41, 5.74) is 2.75. The van der Waals surface area contributed by atoms with Crippen molar-refractivity contribution in [1.82, 2.24) is 5.01 Å². The van der Waals surface area contributed by atoms with Crippen molar-refractivity contribution in [1.29, 1.82) is 0 Å². The first-order chi connectivity index (χ1) is 11.8. The summed E-state index contributed by atoms with van der Waals surface area (Å²) in [6, 6.07) is 23.5. The fourth-order valence-corrected chi connectivity index (χ4v) is 3.66. The zero-order valence-corrected chi connectivity index (χ0v) is 13.8. The van der Waals surface area contributed by atoms with Gasteiger partial charge in [-0.3, -0.25) is 4.79 Å². The molecule has 0 radical (unpaired) electrons. The molecule has 0 spiro atoms. The number of hydrogen-bond acceptors (Lipinski definition) is 3. The van der Waals surface area contributed by atoms with Crippen LogP contribution in [0.3, 0.4) is 0 Å². The molecule has 0 saturated carbocycles. The van der Waals surface area contributed by atoms with Gasteiger partial charge in [0.15, 0.2) is 0 Å². The number of carbonyl (C=O) groups is 1. The monoisotopic (exact) mass is 332 g/mol. The molecule has 4 heteroatoms. The molecule has 0 fully saturated rings. The highest BCUT2D eigenvalue weighted by Gasteiger charge is 2.33. The Morgan fingerprint density at radius 1 is 0.958 bits per heavy atom. The van der Waals surface area contributed by atoms with Gasteiger partial charge in [-0.15, -0.1) is 11.3 Å². The highest BCUT2D eigenvalue weighted by Crippen LogP contribution is 2.34. The minimum absolute atomic E-state index is 0.0593. The zero-order valence-electron chi connectivity index (χ0n) is 13.0. The molecule has 3 nitrogen and oxygen atoms in total. The van der Waals surface area contributed by atoms with E-state index >= 15 is 0 Å². The number of hydrazone groups is 1. The van der Waals surface area contributed by atoms with Crippen LogP contribution in [-0.4, -0.2) is 16.6 Å². The van der Waals surface area contributed by atoms with Crippen LogP contribution in [0.25, 0.3) is 0 Å². The van der Waals surface area contributed by atoms with Crippen LogP contribution < -0.4 is 0 Å². The predicted molar refractivity (Wildman–Crippen MR) is 97.3 cm³/mol. The number of benzene rings is 2. The first-order valence-corrected chi connectivity index (χ1v) is 8.76. The number of nitrogens with zero attached hydrogens (tertiary/aromatic N) is 2. The number of rotatable bonds is 3. The van der Waals surface area contributed by atoms with E-state index in [0.29, 0.717) is 5.56 Å². The third kappa shape index (κ3) is 2.76. The lowest BCUT2D eigenvalue weighted by Crippen LogP contribution is -2.27. The normalized spacial score (nSPS) is 16.9. The van der Waals surface area contributed by atoms with Crippen molar-refractivity contribution < 1.29 is 4.79 Å². The Kier molecular flexibility index (Phi) is 3.97. The van der Waals surface area contributed by atoms with Crippen molar-refractivity contribution in [3.05, 3.63) is 94.2 Å². The summed E-state index contributed by atoms with van der Waals surface area (Å²) < 4.78 is 0. The average Bonchev–Trinajstić information content (AvgIpc) is 3.32. The molecular formula is C20H16N2OS. The first-order valence-electron chi connectivity index (χ1n) is 7.88. The molecular weight excluding hydrogens is 316 g/mol. The van der Waals surface area contributed by atoms with E-state index in [-0.39, 0.29) is 11.9 Å². The molecule has 0 bridgehead atoms. The molecule has 2 heterocycles. The molecule has 1 atom stereocenters. The Balaban J connectivity index is 1.72. The van der Waals surface area contributed by atoms with Crippen LogP contribution in [0.1, 0.15) is 33.3 Å². The first kappa shape index (κ1) is 14.8. The van der Waals surface area contributed by atoms with Crippen LogP contribution in [-0.2, 0) is 0 Å². The van der Waals surface area contributed by atoms with Gasteiger partial charge < -0.3 is 0 Å². The molecule has 1 aliphatic rings. The lowest BCUT2D eigenvalue weighted by molar-refractivity contribution is 0.0711. The summed E-state index contributed by atoms with van der Waals surface area (Å²) in [6.45, 7) is 0. The van der Waals surface area contributed by atoms with Gasteiger partial charge in [-0.05, 0) is 29.1 Å². The maximum absolute atomic E-state index is 13.0. The summed E-state index contributed by atoms with van der Waals surface area (Å²) in [5.74, 6) is -0.0593. The molecule has 118 valence electrons. The van der Waals surface area contributed by atoms with Gasteiger partial charge in [-0.25, -0.2) is 5.01 Å². The third-order valence-corrected chi connectivity index (χ3v) is 5.05. The van der Waals surface area contributed by atoms with Crippen molar-refractivity contribution >= 4 is 23.0 Å². The number of hydrogen-bond donors (Lipinski definition) is 0. The maximum Gasteiger partial charge on any atom is 0.274 e. The molecule has 0 saturated heterocycles. The lowest BCUT2D eigenvalue weighted by atomic mass is 10.0. The van der Waals surface area contributed by atoms with Crippen molar-refractivity contribution in [3.63, 3.8) is 0 Å². The van der Waals surface area contributed by atoms with Gasteiger partial charge in [0, 0.05) is 12.0 Å². The standard InChI is InChI=1S/C20H16N2OS/c23-20(16-10-5-2-6-11-16)22-18(15-8-3-1-4-9-15)14-17(21-22)19-12-7-13-24-19/h1-13,18H,14H2. The fourth-order valence-electron chi connectivity index (χ4n) is 2.94. The molecule has 4 rings (SSSR count). The van der Waals surface area contributed by atoms with E-state index in [1.54, 1.807) is 16.3 Å². The van der Waals surface area contributed by atoms with E-state index in [0.717, 1.165) is 22.6 Å². The minimum atomic E-state index is -0.0593. The number of amides is 1. The van der Waals surface area contributed by atoms with E-state index in [2.05, 4.69) is 23.3 Å². The Hall–Kier alpha value is -2.72. The Bertz CT molecular complexity index is 857. The van der Waals surface area contributed by atoms with Gasteiger partial charge in [0.1, 0.15) is 0 Å². The van der Waals surface area contributed by atoms with Gasteiger partial charge in [0.05, 0.1) is 16.6 Å². The van der Waals surface area contributed by atoms with E-state index < -0.39 is 0 Å². The molecule has 1 amide bonds. The highest BCUT2D eigenvalue weighted by atomic mass is 32.1. The Morgan fingerprint density at radius 2 is 1.67 bits per heavy atom. The van der Waals surface area contributed by atoms with Gasteiger partial charge in [0.2, 0.25) is 0 Å².